The summed E-state index contributed by atoms with van der Waals surface area (Å²) in [6.07, 6.45) is 2.22. The van der Waals surface area contributed by atoms with Gasteiger partial charge in [-0.3, -0.25) is 14.3 Å². The van der Waals surface area contributed by atoms with E-state index in [0.29, 0.717) is 24.8 Å². The van der Waals surface area contributed by atoms with Crippen LogP contribution in [0.4, 0.5) is 5.82 Å². The summed E-state index contributed by atoms with van der Waals surface area (Å²) in [4.78, 5) is 26.6. The van der Waals surface area contributed by atoms with Crippen LogP contribution in [0.1, 0.15) is 18.4 Å². The Morgan fingerprint density at radius 3 is 2.60 bits per heavy atom. The van der Waals surface area contributed by atoms with E-state index in [4.69, 9.17) is 0 Å². The summed E-state index contributed by atoms with van der Waals surface area (Å²) < 4.78 is 1.28. The fourth-order valence-electron chi connectivity index (χ4n) is 2.14. The van der Waals surface area contributed by atoms with Gasteiger partial charge in [-0.1, -0.05) is 30.3 Å². The van der Waals surface area contributed by atoms with Crippen LogP contribution in [-0.4, -0.2) is 9.55 Å². The Kier molecular flexibility index (Phi) is 3.41. The van der Waals surface area contributed by atoms with Crippen LogP contribution < -0.4 is 16.6 Å². The molecule has 0 saturated heterocycles. The molecular formula is C15H17N3O2. The minimum absolute atomic E-state index is 0.240. The topological polar surface area (TPSA) is 66.9 Å². The lowest BCUT2D eigenvalue weighted by molar-refractivity contribution is 0.576. The first kappa shape index (κ1) is 12.7. The molecule has 1 aromatic carbocycles. The van der Waals surface area contributed by atoms with Crippen LogP contribution in [0.25, 0.3) is 0 Å². The number of hydrogen-bond donors (Lipinski definition) is 2. The van der Waals surface area contributed by atoms with Crippen LogP contribution >= 0.6 is 0 Å². The molecule has 1 aromatic heterocycles. The van der Waals surface area contributed by atoms with E-state index in [2.05, 4.69) is 10.3 Å². The van der Waals surface area contributed by atoms with Crippen LogP contribution in [0.15, 0.2) is 46.0 Å². The van der Waals surface area contributed by atoms with Gasteiger partial charge in [0.05, 0.1) is 0 Å². The predicted octanol–water partition coefficient (Wildman–Crippen LogP) is 1.56. The van der Waals surface area contributed by atoms with E-state index >= 15 is 0 Å². The van der Waals surface area contributed by atoms with Gasteiger partial charge in [0.2, 0.25) is 0 Å². The highest BCUT2D eigenvalue weighted by Crippen LogP contribution is 2.29. The molecule has 5 heteroatoms. The Balaban J connectivity index is 1.74. The lowest BCUT2D eigenvalue weighted by Gasteiger charge is -2.08. The summed E-state index contributed by atoms with van der Waals surface area (Å²) >= 11 is 0. The van der Waals surface area contributed by atoms with Crippen molar-refractivity contribution in [3.63, 3.8) is 0 Å². The van der Waals surface area contributed by atoms with Crippen molar-refractivity contribution in [3.8, 4) is 0 Å². The first-order valence-corrected chi connectivity index (χ1v) is 6.84. The zero-order chi connectivity index (χ0) is 13.9. The normalized spacial score (nSPS) is 14.2. The van der Waals surface area contributed by atoms with E-state index < -0.39 is 0 Å². The van der Waals surface area contributed by atoms with Crippen molar-refractivity contribution in [2.75, 3.05) is 5.32 Å². The number of nitrogens with zero attached hydrogens (tertiary/aromatic N) is 1. The maximum Gasteiger partial charge on any atom is 0.329 e. The van der Waals surface area contributed by atoms with Gasteiger partial charge in [0.15, 0.2) is 0 Å². The molecule has 0 bridgehead atoms. The molecule has 0 atom stereocenters. The van der Waals surface area contributed by atoms with Crippen molar-refractivity contribution in [2.24, 2.45) is 5.92 Å². The van der Waals surface area contributed by atoms with Crippen molar-refractivity contribution in [2.45, 2.75) is 25.9 Å². The van der Waals surface area contributed by atoms with Crippen molar-refractivity contribution in [3.05, 3.63) is 62.8 Å². The van der Waals surface area contributed by atoms with Gasteiger partial charge in [0, 0.05) is 19.2 Å². The third-order valence-electron chi connectivity index (χ3n) is 3.48. The highest BCUT2D eigenvalue weighted by Gasteiger charge is 2.23. The summed E-state index contributed by atoms with van der Waals surface area (Å²) in [6, 6.07) is 11.3. The standard InChI is InChI=1S/C15H17N3O2/c19-14-8-13(16-9-11-4-2-1-3-5-11)17-15(20)18(14)10-12-6-7-12/h1-5,8,12,16H,6-7,9-10H2,(H,17,20). The molecule has 0 amide bonds. The van der Waals surface area contributed by atoms with Crippen LogP contribution in [0.5, 0.6) is 0 Å². The highest BCUT2D eigenvalue weighted by molar-refractivity contribution is 5.33. The summed E-state index contributed by atoms with van der Waals surface area (Å²) in [6.45, 7) is 1.11. The second-order valence-electron chi connectivity index (χ2n) is 5.22. The number of H-pyrrole nitrogens is 1. The maximum atomic E-state index is 11.9. The smallest absolute Gasteiger partial charge is 0.329 e. The SMILES string of the molecule is O=c1cc(NCc2ccccc2)[nH]c(=O)n1CC1CC1. The van der Waals surface area contributed by atoms with Gasteiger partial charge < -0.3 is 5.32 Å². The summed E-state index contributed by atoms with van der Waals surface area (Å²) in [5.74, 6) is 0.966. The van der Waals surface area contributed by atoms with Crippen LogP contribution in [0, 0.1) is 5.92 Å². The van der Waals surface area contributed by atoms with Gasteiger partial charge in [-0.05, 0) is 24.3 Å². The van der Waals surface area contributed by atoms with E-state index in [1.54, 1.807) is 0 Å². The van der Waals surface area contributed by atoms with Gasteiger partial charge in [-0.15, -0.1) is 0 Å². The number of hydrogen-bond acceptors (Lipinski definition) is 3. The lowest BCUT2D eigenvalue weighted by Crippen LogP contribution is -2.35. The fraction of sp³-hybridized carbons (Fsp3) is 0.333. The zero-order valence-corrected chi connectivity index (χ0v) is 11.1. The molecule has 3 rings (SSSR count). The minimum atomic E-state index is -0.333. The van der Waals surface area contributed by atoms with Crippen molar-refractivity contribution in [1.29, 1.82) is 0 Å². The third kappa shape index (κ3) is 2.99. The van der Waals surface area contributed by atoms with Crippen LogP contribution in [-0.2, 0) is 13.1 Å². The highest BCUT2D eigenvalue weighted by atomic mass is 16.2. The molecule has 0 spiro atoms. The molecule has 1 aliphatic carbocycles. The number of nitrogens with one attached hydrogen (secondary N) is 2. The minimum Gasteiger partial charge on any atom is -0.367 e. The van der Waals surface area contributed by atoms with Crippen molar-refractivity contribution >= 4 is 5.82 Å². The Morgan fingerprint density at radius 1 is 1.20 bits per heavy atom. The predicted molar refractivity (Wildman–Crippen MR) is 77.8 cm³/mol. The Hall–Kier alpha value is -2.30. The van der Waals surface area contributed by atoms with Gasteiger partial charge >= 0.3 is 5.69 Å². The largest absolute Gasteiger partial charge is 0.367 e. The molecule has 0 unspecified atom stereocenters. The first-order valence-electron chi connectivity index (χ1n) is 6.84. The molecule has 2 aromatic rings. The second kappa shape index (κ2) is 5.36. The molecule has 2 N–H and O–H groups in total. The quantitative estimate of drug-likeness (QED) is 0.867. The molecule has 104 valence electrons. The Labute approximate surface area is 116 Å². The van der Waals surface area contributed by atoms with Crippen LogP contribution in [0.2, 0.25) is 0 Å². The van der Waals surface area contributed by atoms with Gasteiger partial charge in [0.25, 0.3) is 5.56 Å². The number of anilines is 1. The Morgan fingerprint density at radius 2 is 1.95 bits per heavy atom. The number of aromatic nitrogens is 2. The summed E-state index contributed by atoms with van der Waals surface area (Å²) in [5.41, 5.74) is 0.520. The Bertz CT molecular complexity index is 668. The van der Waals surface area contributed by atoms with Gasteiger partial charge in [-0.25, -0.2) is 4.79 Å². The average Bonchev–Trinajstić information content (AvgIpc) is 3.26. The van der Waals surface area contributed by atoms with E-state index in [-0.39, 0.29) is 11.2 Å². The molecular weight excluding hydrogens is 254 g/mol. The molecule has 1 saturated carbocycles. The van der Waals surface area contributed by atoms with E-state index in [1.165, 1.54) is 10.6 Å². The molecule has 20 heavy (non-hydrogen) atoms. The molecule has 1 aliphatic rings. The van der Waals surface area contributed by atoms with E-state index in [9.17, 15) is 9.59 Å². The molecule has 0 aliphatic heterocycles. The first-order chi connectivity index (χ1) is 9.72. The average molecular weight is 271 g/mol. The van der Waals surface area contributed by atoms with Gasteiger partial charge in [0.1, 0.15) is 5.82 Å². The fourth-order valence-corrected chi connectivity index (χ4v) is 2.14. The summed E-state index contributed by atoms with van der Waals surface area (Å²) in [7, 11) is 0. The monoisotopic (exact) mass is 271 g/mol. The van der Waals surface area contributed by atoms with E-state index in [0.717, 1.165) is 18.4 Å². The maximum absolute atomic E-state index is 11.9. The third-order valence-corrected chi connectivity index (χ3v) is 3.48. The van der Waals surface area contributed by atoms with Crippen LogP contribution in [0.3, 0.4) is 0 Å². The second-order valence-corrected chi connectivity index (χ2v) is 5.22. The number of rotatable bonds is 5. The van der Waals surface area contributed by atoms with Crippen molar-refractivity contribution < 1.29 is 0 Å². The molecule has 0 radical (unpaired) electrons. The molecule has 5 nitrogen and oxygen atoms in total. The zero-order valence-electron chi connectivity index (χ0n) is 11.1. The lowest BCUT2D eigenvalue weighted by atomic mass is 10.2. The number of benzene rings is 1. The van der Waals surface area contributed by atoms with Gasteiger partial charge in [-0.2, -0.15) is 0 Å². The van der Waals surface area contributed by atoms with E-state index in [1.807, 2.05) is 30.3 Å². The summed E-state index contributed by atoms with van der Waals surface area (Å²) in [5, 5.41) is 3.07. The van der Waals surface area contributed by atoms with Crippen molar-refractivity contribution in [1.82, 2.24) is 9.55 Å². The number of aromatic amines is 1. The molecule has 1 heterocycles. The molecule has 1 fully saturated rings.